The lowest BCUT2D eigenvalue weighted by Gasteiger charge is -2.51. The summed E-state index contributed by atoms with van der Waals surface area (Å²) in [5, 5.41) is 0. The maximum atomic E-state index is 12.7. The highest BCUT2D eigenvalue weighted by Crippen LogP contribution is 2.68. The van der Waals surface area contributed by atoms with E-state index in [-0.39, 0.29) is 11.9 Å². The van der Waals surface area contributed by atoms with Crippen molar-refractivity contribution in [3.8, 4) is 0 Å². The first kappa shape index (κ1) is 14.6. The van der Waals surface area contributed by atoms with Gasteiger partial charge in [-0.05, 0) is 18.1 Å². The zero-order valence-corrected chi connectivity index (χ0v) is 13.8. The fraction of sp³-hybridized carbons (Fsp3) is 0.412. The summed E-state index contributed by atoms with van der Waals surface area (Å²) in [6.07, 6.45) is 1.10. The number of carbonyl (C=O) groups is 2. The molecule has 0 saturated carbocycles. The van der Waals surface area contributed by atoms with Crippen molar-refractivity contribution in [2.45, 2.75) is 22.0 Å². The monoisotopic (exact) mass is 331 g/mol. The molecule has 0 radical (unpaired) electrons. The predicted molar refractivity (Wildman–Crippen MR) is 85.0 cm³/mol. The first-order valence-corrected chi connectivity index (χ1v) is 8.41. The molecule has 3 aliphatic rings. The molecule has 0 N–H and O–H groups in total. The quantitative estimate of drug-likeness (QED) is 0.789. The van der Waals surface area contributed by atoms with Crippen molar-refractivity contribution < 1.29 is 19.1 Å². The van der Waals surface area contributed by atoms with Crippen molar-refractivity contribution in [3.05, 3.63) is 41.1 Å². The summed E-state index contributed by atoms with van der Waals surface area (Å²) in [6.45, 7) is 1.83. The molecule has 0 spiro atoms. The van der Waals surface area contributed by atoms with E-state index in [1.54, 1.807) is 0 Å². The van der Waals surface area contributed by atoms with E-state index in [9.17, 15) is 9.59 Å². The van der Waals surface area contributed by atoms with Crippen LogP contribution in [-0.4, -0.2) is 48.9 Å². The molecule has 0 bridgehead atoms. The van der Waals surface area contributed by atoms with E-state index >= 15 is 0 Å². The molecule has 0 unspecified atom stereocenters. The van der Waals surface area contributed by atoms with Gasteiger partial charge in [-0.3, -0.25) is 4.79 Å². The Bertz CT molecular complexity index is 740. The number of fused-ring (bicyclic) bond motifs is 3. The number of hydrogen-bond donors (Lipinski definition) is 0. The normalized spacial score (nSPS) is 27.6. The Morgan fingerprint density at radius 3 is 2.57 bits per heavy atom. The second-order valence-electron chi connectivity index (χ2n) is 5.89. The topological polar surface area (TPSA) is 55.8 Å². The van der Waals surface area contributed by atoms with Crippen LogP contribution in [0.5, 0.6) is 0 Å². The number of benzene rings is 1. The Labute approximate surface area is 138 Å². The van der Waals surface area contributed by atoms with Crippen molar-refractivity contribution in [2.24, 2.45) is 0 Å². The molecular weight excluding hydrogens is 314 g/mol. The van der Waals surface area contributed by atoms with Gasteiger partial charge in [0, 0.05) is 23.7 Å². The second kappa shape index (κ2) is 5.03. The SMILES string of the molecule is COC(=O)C1=C(N2CCC2)[C@H]2c3ccccc3S[C@@]12C(=O)OC. The van der Waals surface area contributed by atoms with Gasteiger partial charge in [-0.1, -0.05) is 18.2 Å². The molecule has 1 fully saturated rings. The maximum Gasteiger partial charge on any atom is 0.337 e. The third kappa shape index (κ3) is 1.70. The van der Waals surface area contributed by atoms with Crippen molar-refractivity contribution >= 4 is 23.7 Å². The van der Waals surface area contributed by atoms with Crippen LogP contribution in [0, 0.1) is 0 Å². The molecule has 1 saturated heterocycles. The highest BCUT2D eigenvalue weighted by Gasteiger charge is 2.69. The van der Waals surface area contributed by atoms with Crippen LogP contribution in [0.3, 0.4) is 0 Å². The van der Waals surface area contributed by atoms with Crippen molar-refractivity contribution in [2.75, 3.05) is 27.3 Å². The summed E-state index contributed by atoms with van der Waals surface area (Å²) in [5.74, 6) is -0.951. The number of carbonyl (C=O) groups excluding carboxylic acids is 2. The Kier molecular flexibility index (Phi) is 3.20. The van der Waals surface area contributed by atoms with Gasteiger partial charge in [0.15, 0.2) is 4.75 Å². The summed E-state index contributed by atoms with van der Waals surface area (Å²) in [7, 11) is 2.72. The third-order valence-corrected chi connectivity index (χ3v) is 6.40. The average molecular weight is 331 g/mol. The number of esters is 2. The zero-order valence-electron chi connectivity index (χ0n) is 13.0. The number of thioether (sulfide) groups is 1. The zero-order chi connectivity index (χ0) is 16.2. The molecule has 6 heteroatoms. The fourth-order valence-corrected chi connectivity index (χ4v) is 5.33. The van der Waals surface area contributed by atoms with Gasteiger partial charge >= 0.3 is 11.9 Å². The Morgan fingerprint density at radius 2 is 1.96 bits per heavy atom. The second-order valence-corrected chi connectivity index (χ2v) is 7.18. The minimum Gasteiger partial charge on any atom is -0.468 e. The van der Waals surface area contributed by atoms with Gasteiger partial charge in [-0.25, -0.2) is 4.79 Å². The number of rotatable bonds is 3. The van der Waals surface area contributed by atoms with E-state index in [0.29, 0.717) is 5.57 Å². The number of likely N-dealkylation sites (tertiary alicyclic amines) is 1. The Balaban J connectivity index is 1.91. The Hall–Kier alpha value is -1.95. The molecule has 23 heavy (non-hydrogen) atoms. The van der Waals surface area contributed by atoms with E-state index in [4.69, 9.17) is 9.47 Å². The molecule has 1 aliphatic carbocycles. The van der Waals surface area contributed by atoms with Crippen LogP contribution < -0.4 is 0 Å². The highest BCUT2D eigenvalue weighted by molar-refractivity contribution is 8.02. The summed E-state index contributed by atoms with van der Waals surface area (Å²) < 4.78 is 9.06. The van der Waals surface area contributed by atoms with Gasteiger partial charge < -0.3 is 14.4 Å². The molecule has 2 heterocycles. The van der Waals surface area contributed by atoms with Gasteiger partial charge in [-0.2, -0.15) is 0 Å². The molecule has 5 nitrogen and oxygen atoms in total. The number of hydrogen-bond acceptors (Lipinski definition) is 6. The van der Waals surface area contributed by atoms with Crippen molar-refractivity contribution in [1.82, 2.24) is 4.90 Å². The molecule has 0 aromatic heterocycles. The summed E-state index contributed by atoms with van der Waals surface area (Å²) >= 11 is 1.41. The molecule has 1 aromatic carbocycles. The minimum atomic E-state index is -1.00. The fourth-order valence-electron chi connectivity index (χ4n) is 3.72. The van der Waals surface area contributed by atoms with E-state index < -0.39 is 10.7 Å². The predicted octanol–water partition coefficient (Wildman–Crippen LogP) is 1.93. The van der Waals surface area contributed by atoms with Crippen LogP contribution in [0.1, 0.15) is 17.9 Å². The van der Waals surface area contributed by atoms with Crippen LogP contribution in [0.2, 0.25) is 0 Å². The molecule has 120 valence electrons. The lowest BCUT2D eigenvalue weighted by molar-refractivity contribution is -0.148. The van der Waals surface area contributed by atoms with E-state index in [1.165, 1.54) is 26.0 Å². The molecule has 1 aromatic rings. The standard InChI is InChI=1S/C17H17NO4S/c1-21-15(19)13-14(18-8-5-9-18)12-10-6-3-4-7-11(10)23-17(12,13)16(20)22-2/h3-4,6-7,12H,5,8-9H2,1-2H3/t12-,17-/m1/s1. The van der Waals surface area contributed by atoms with Gasteiger partial charge in [0.2, 0.25) is 0 Å². The van der Waals surface area contributed by atoms with E-state index in [1.807, 2.05) is 24.3 Å². The lowest BCUT2D eigenvalue weighted by Crippen LogP contribution is -2.58. The number of allylic oxidation sites excluding steroid dienone is 1. The maximum absolute atomic E-state index is 12.7. The van der Waals surface area contributed by atoms with Crippen LogP contribution in [0.15, 0.2) is 40.4 Å². The van der Waals surface area contributed by atoms with Gasteiger partial charge in [0.25, 0.3) is 0 Å². The summed E-state index contributed by atoms with van der Waals surface area (Å²) in [5.41, 5.74) is 2.49. The summed E-state index contributed by atoms with van der Waals surface area (Å²) in [4.78, 5) is 28.3. The molecule has 0 amide bonds. The third-order valence-electron chi connectivity index (χ3n) is 4.88. The Morgan fingerprint density at radius 1 is 1.22 bits per heavy atom. The average Bonchev–Trinajstić information content (AvgIpc) is 2.80. The molecule has 2 atom stereocenters. The van der Waals surface area contributed by atoms with Gasteiger partial charge in [0.1, 0.15) is 0 Å². The van der Waals surface area contributed by atoms with E-state index in [2.05, 4.69) is 4.90 Å². The first-order chi connectivity index (χ1) is 11.1. The van der Waals surface area contributed by atoms with Crippen LogP contribution in [-0.2, 0) is 19.1 Å². The highest BCUT2D eigenvalue weighted by atomic mass is 32.2. The first-order valence-electron chi connectivity index (χ1n) is 7.59. The largest absolute Gasteiger partial charge is 0.468 e. The number of ether oxygens (including phenoxy) is 2. The number of nitrogens with zero attached hydrogens (tertiary/aromatic N) is 1. The van der Waals surface area contributed by atoms with Gasteiger partial charge in [0.05, 0.1) is 25.7 Å². The van der Waals surface area contributed by atoms with Crippen LogP contribution >= 0.6 is 11.8 Å². The van der Waals surface area contributed by atoms with Gasteiger partial charge in [-0.15, -0.1) is 11.8 Å². The van der Waals surface area contributed by atoms with Crippen molar-refractivity contribution in [1.29, 1.82) is 0 Å². The molecular formula is C17H17NO4S. The number of methoxy groups -OCH3 is 2. The van der Waals surface area contributed by atoms with Crippen LogP contribution in [0.4, 0.5) is 0 Å². The van der Waals surface area contributed by atoms with Crippen molar-refractivity contribution in [3.63, 3.8) is 0 Å². The minimum absolute atomic E-state index is 0.134. The van der Waals surface area contributed by atoms with E-state index in [0.717, 1.165) is 35.7 Å². The molecule has 4 rings (SSSR count). The summed E-state index contributed by atoms with van der Waals surface area (Å²) in [6, 6.07) is 7.94. The molecule has 2 aliphatic heterocycles. The van der Waals surface area contributed by atoms with Crippen LogP contribution in [0.25, 0.3) is 0 Å². The lowest BCUT2D eigenvalue weighted by atomic mass is 9.66. The smallest absolute Gasteiger partial charge is 0.337 e.